The lowest BCUT2D eigenvalue weighted by Crippen LogP contribution is -2.02. The van der Waals surface area contributed by atoms with E-state index in [1.54, 1.807) is 12.2 Å². The second-order valence-corrected chi connectivity index (χ2v) is 9.69. The van der Waals surface area contributed by atoms with E-state index in [1.165, 1.54) is 10.9 Å². The first-order valence-electron chi connectivity index (χ1n) is 13.5. The SMILES string of the molecule is C=C/C=C(\C=C)c1nc(-c2ccccc2)nc(-c2ccc(-c3ccc(-c4c(C)ncc5ccccc45)cc3)cc2)n1. The molecule has 0 radical (unpaired) electrons. The number of fused-ring (bicyclic) bond motifs is 1. The van der Waals surface area contributed by atoms with E-state index in [4.69, 9.17) is 15.0 Å². The number of aromatic nitrogens is 4. The Morgan fingerprint density at radius 1 is 0.610 bits per heavy atom. The number of nitrogens with zero attached hydrogens (tertiary/aromatic N) is 4. The molecular weight excluding hydrogens is 500 g/mol. The first-order valence-corrected chi connectivity index (χ1v) is 13.5. The molecule has 0 atom stereocenters. The summed E-state index contributed by atoms with van der Waals surface area (Å²) in [5.74, 6) is 1.77. The highest BCUT2D eigenvalue weighted by molar-refractivity contribution is 5.97. The lowest BCUT2D eigenvalue weighted by atomic mass is 9.95. The molecule has 6 aromatic rings. The van der Waals surface area contributed by atoms with E-state index in [1.807, 2.05) is 48.7 Å². The third kappa shape index (κ3) is 5.23. The number of rotatable bonds is 7. The van der Waals surface area contributed by atoms with Crippen LogP contribution in [0.5, 0.6) is 0 Å². The fourth-order valence-corrected chi connectivity index (χ4v) is 4.98. The number of hydrogen-bond donors (Lipinski definition) is 0. The van der Waals surface area contributed by atoms with Crippen molar-refractivity contribution in [1.82, 2.24) is 19.9 Å². The molecule has 2 heterocycles. The Balaban J connectivity index is 1.35. The molecule has 196 valence electrons. The van der Waals surface area contributed by atoms with Crippen molar-refractivity contribution in [3.05, 3.63) is 152 Å². The van der Waals surface area contributed by atoms with Gasteiger partial charge in [0.2, 0.25) is 0 Å². The molecule has 41 heavy (non-hydrogen) atoms. The van der Waals surface area contributed by atoms with E-state index in [0.29, 0.717) is 17.5 Å². The fourth-order valence-electron chi connectivity index (χ4n) is 4.98. The molecule has 0 aliphatic heterocycles. The lowest BCUT2D eigenvalue weighted by Gasteiger charge is -2.11. The number of allylic oxidation sites excluding steroid dienone is 4. The molecule has 0 fully saturated rings. The van der Waals surface area contributed by atoms with Gasteiger partial charge in [-0.2, -0.15) is 0 Å². The van der Waals surface area contributed by atoms with E-state index in [9.17, 15) is 0 Å². The Kier molecular flexibility index (Phi) is 7.12. The maximum absolute atomic E-state index is 4.82. The topological polar surface area (TPSA) is 51.6 Å². The second-order valence-electron chi connectivity index (χ2n) is 9.69. The van der Waals surface area contributed by atoms with Gasteiger partial charge in [-0.05, 0) is 29.0 Å². The van der Waals surface area contributed by atoms with Gasteiger partial charge in [0.15, 0.2) is 17.5 Å². The number of benzene rings is 4. The zero-order valence-corrected chi connectivity index (χ0v) is 22.8. The van der Waals surface area contributed by atoms with Crippen molar-refractivity contribution >= 4 is 16.3 Å². The molecule has 0 unspecified atom stereocenters. The van der Waals surface area contributed by atoms with E-state index in [0.717, 1.165) is 44.5 Å². The van der Waals surface area contributed by atoms with Gasteiger partial charge in [-0.15, -0.1) is 0 Å². The van der Waals surface area contributed by atoms with Crippen LogP contribution in [0, 0.1) is 6.92 Å². The van der Waals surface area contributed by atoms with Crippen molar-refractivity contribution in [1.29, 1.82) is 0 Å². The molecule has 0 saturated heterocycles. The number of aryl methyl sites for hydroxylation is 1. The highest BCUT2D eigenvalue weighted by Gasteiger charge is 2.13. The van der Waals surface area contributed by atoms with Crippen molar-refractivity contribution in [3.63, 3.8) is 0 Å². The summed E-state index contributed by atoms with van der Waals surface area (Å²) in [4.78, 5) is 19.0. The highest BCUT2D eigenvalue weighted by atomic mass is 15.0. The summed E-state index contributed by atoms with van der Waals surface area (Å²) in [5, 5.41) is 2.36. The number of pyridine rings is 1. The highest BCUT2D eigenvalue weighted by Crippen LogP contribution is 2.33. The molecule has 0 N–H and O–H groups in total. The molecular formula is C37H28N4. The molecule has 4 aromatic carbocycles. The summed E-state index contributed by atoms with van der Waals surface area (Å²) in [6.07, 6.45) is 7.23. The Bertz CT molecular complexity index is 1900. The summed E-state index contributed by atoms with van der Waals surface area (Å²) in [6.45, 7) is 9.81. The summed E-state index contributed by atoms with van der Waals surface area (Å²) in [6, 6.07) is 35.3. The Hall–Kier alpha value is -5.48. The van der Waals surface area contributed by atoms with Gasteiger partial charge in [0.05, 0.1) is 0 Å². The lowest BCUT2D eigenvalue weighted by molar-refractivity contribution is 1.04. The summed E-state index contributed by atoms with van der Waals surface area (Å²) in [5.41, 5.74) is 8.22. The molecule has 4 nitrogen and oxygen atoms in total. The normalized spacial score (nSPS) is 11.4. The zero-order chi connectivity index (χ0) is 28.2. The fraction of sp³-hybridized carbons (Fsp3) is 0.0270. The van der Waals surface area contributed by atoms with Crippen molar-refractivity contribution in [2.24, 2.45) is 0 Å². The molecule has 0 spiro atoms. The van der Waals surface area contributed by atoms with Gasteiger partial charge in [-0.3, -0.25) is 4.98 Å². The van der Waals surface area contributed by atoms with Crippen molar-refractivity contribution in [3.8, 4) is 45.0 Å². The van der Waals surface area contributed by atoms with Crippen LogP contribution in [0.25, 0.3) is 61.4 Å². The third-order valence-corrected chi connectivity index (χ3v) is 7.08. The average molecular weight is 529 g/mol. The van der Waals surface area contributed by atoms with Crippen molar-refractivity contribution in [2.45, 2.75) is 6.92 Å². The summed E-state index contributed by atoms with van der Waals surface area (Å²) < 4.78 is 0. The van der Waals surface area contributed by atoms with E-state index < -0.39 is 0 Å². The molecule has 0 amide bonds. The first kappa shape index (κ1) is 25.8. The molecule has 0 aliphatic carbocycles. The molecule has 0 saturated carbocycles. The van der Waals surface area contributed by atoms with Gasteiger partial charge in [0, 0.05) is 39.5 Å². The predicted octanol–water partition coefficient (Wildman–Crippen LogP) is 9.15. The van der Waals surface area contributed by atoms with E-state index >= 15 is 0 Å². The Morgan fingerprint density at radius 3 is 1.80 bits per heavy atom. The van der Waals surface area contributed by atoms with Crippen LogP contribution in [0.15, 0.2) is 141 Å². The minimum absolute atomic E-state index is 0.557. The maximum atomic E-state index is 4.82. The van der Waals surface area contributed by atoms with Gasteiger partial charge < -0.3 is 0 Å². The van der Waals surface area contributed by atoms with Gasteiger partial charge in [0.1, 0.15) is 0 Å². The van der Waals surface area contributed by atoms with Crippen LogP contribution in [-0.2, 0) is 0 Å². The van der Waals surface area contributed by atoms with Crippen LogP contribution in [0.1, 0.15) is 11.5 Å². The molecule has 4 heteroatoms. The van der Waals surface area contributed by atoms with Crippen LogP contribution in [0.4, 0.5) is 0 Å². The number of hydrogen-bond acceptors (Lipinski definition) is 4. The van der Waals surface area contributed by atoms with Crippen molar-refractivity contribution < 1.29 is 0 Å². The van der Waals surface area contributed by atoms with Crippen molar-refractivity contribution in [2.75, 3.05) is 0 Å². The van der Waals surface area contributed by atoms with Crippen LogP contribution in [-0.4, -0.2) is 19.9 Å². The van der Waals surface area contributed by atoms with Gasteiger partial charge in [0.25, 0.3) is 0 Å². The van der Waals surface area contributed by atoms with Crippen LogP contribution in [0.2, 0.25) is 0 Å². The smallest absolute Gasteiger partial charge is 0.164 e. The second kappa shape index (κ2) is 11.3. The maximum Gasteiger partial charge on any atom is 0.164 e. The Labute approximate surface area is 240 Å². The third-order valence-electron chi connectivity index (χ3n) is 7.08. The van der Waals surface area contributed by atoms with Gasteiger partial charge in [-0.1, -0.05) is 135 Å². The largest absolute Gasteiger partial charge is 0.260 e. The van der Waals surface area contributed by atoms with Crippen LogP contribution in [0.3, 0.4) is 0 Å². The van der Waals surface area contributed by atoms with Gasteiger partial charge in [-0.25, -0.2) is 15.0 Å². The molecule has 2 aromatic heterocycles. The van der Waals surface area contributed by atoms with Crippen LogP contribution < -0.4 is 0 Å². The minimum atomic E-state index is 0.557. The minimum Gasteiger partial charge on any atom is -0.260 e. The van der Waals surface area contributed by atoms with Gasteiger partial charge >= 0.3 is 0 Å². The average Bonchev–Trinajstić information content (AvgIpc) is 3.04. The van der Waals surface area contributed by atoms with E-state index in [-0.39, 0.29) is 0 Å². The molecule has 0 bridgehead atoms. The Morgan fingerprint density at radius 2 is 1.17 bits per heavy atom. The molecule has 6 rings (SSSR count). The quantitative estimate of drug-likeness (QED) is 0.194. The summed E-state index contributed by atoms with van der Waals surface area (Å²) >= 11 is 0. The summed E-state index contributed by atoms with van der Waals surface area (Å²) in [7, 11) is 0. The monoisotopic (exact) mass is 528 g/mol. The predicted molar refractivity (Wildman–Crippen MR) is 170 cm³/mol. The standard InChI is InChI=1S/C37H28N4/c1-4-11-26(5-2)35-39-36(30-12-7-6-8-13-30)41-37(40-35)31-22-18-28(19-23-31)27-16-20-29(21-17-27)34-25(3)38-24-32-14-9-10-15-33(32)34/h4-24H,1-2H2,3H3/b26-11+. The zero-order valence-electron chi connectivity index (χ0n) is 22.8. The van der Waals surface area contributed by atoms with E-state index in [2.05, 4.69) is 91.8 Å². The van der Waals surface area contributed by atoms with Crippen LogP contribution >= 0.6 is 0 Å². The first-order chi connectivity index (χ1) is 20.1. The molecule has 0 aliphatic rings.